The highest BCUT2D eigenvalue weighted by molar-refractivity contribution is 7.81. The van der Waals surface area contributed by atoms with Crippen LogP contribution in [0.15, 0.2) is 0 Å². The molecule has 0 aromatic heterocycles. The van der Waals surface area contributed by atoms with Crippen molar-refractivity contribution in [1.29, 1.82) is 0 Å². The van der Waals surface area contributed by atoms with E-state index in [1.54, 1.807) is 0 Å². The Morgan fingerprint density at radius 1 is 1.46 bits per heavy atom. The molecule has 1 saturated heterocycles. The van der Waals surface area contributed by atoms with Gasteiger partial charge in [0.1, 0.15) is 0 Å². The molecule has 1 heterocycles. The van der Waals surface area contributed by atoms with E-state index in [1.807, 2.05) is 0 Å². The molecule has 2 fully saturated rings. The highest BCUT2D eigenvalue weighted by Gasteiger charge is 2.51. The minimum atomic E-state index is 0.682. The minimum Gasteiger partial charge on any atom is -0.305 e. The van der Waals surface area contributed by atoms with E-state index in [2.05, 4.69) is 31.5 Å². The predicted molar refractivity (Wildman–Crippen MR) is 60.3 cm³/mol. The predicted octanol–water partition coefficient (Wildman–Crippen LogP) is 2.43. The molecule has 0 bridgehead atoms. The summed E-state index contributed by atoms with van der Waals surface area (Å²) >= 11 is 4.69. The summed E-state index contributed by atoms with van der Waals surface area (Å²) in [7, 11) is 2.22. The van der Waals surface area contributed by atoms with Crippen LogP contribution in [0.4, 0.5) is 0 Å². The molecule has 1 aliphatic carbocycles. The zero-order valence-corrected chi connectivity index (χ0v) is 9.69. The van der Waals surface area contributed by atoms with Crippen LogP contribution in [0.1, 0.15) is 32.6 Å². The number of nitrogens with zero attached hydrogens (tertiary/aromatic N) is 1. The number of rotatable bonds is 3. The first-order chi connectivity index (χ1) is 6.15. The molecule has 0 radical (unpaired) electrons. The Bertz CT molecular complexity index is 179. The van der Waals surface area contributed by atoms with Crippen LogP contribution >= 0.6 is 12.6 Å². The third-order valence-corrected chi connectivity index (χ3v) is 4.41. The van der Waals surface area contributed by atoms with Crippen LogP contribution in [0.3, 0.4) is 0 Å². The molecule has 0 N–H and O–H groups in total. The Kier molecular flexibility index (Phi) is 2.63. The van der Waals surface area contributed by atoms with E-state index in [9.17, 15) is 0 Å². The molecule has 1 atom stereocenters. The third-order valence-electron chi connectivity index (χ3n) is 3.73. The van der Waals surface area contributed by atoms with E-state index in [0.29, 0.717) is 5.25 Å². The molecule has 13 heavy (non-hydrogen) atoms. The molecule has 2 heteroatoms. The van der Waals surface area contributed by atoms with Gasteiger partial charge in [-0.25, -0.2) is 0 Å². The summed E-state index contributed by atoms with van der Waals surface area (Å²) in [6.07, 6.45) is 5.49. The zero-order valence-electron chi connectivity index (χ0n) is 8.79. The van der Waals surface area contributed by atoms with Gasteiger partial charge in [-0.1, -0.05) is 13.3 Å². The fourth-order valence-electron chi connectivity index (χ4n) is 3.21. The molecule has 2 aliphatic rings. The van der Waals surface area contributed by atoms with Crippen LogP contribution in [-0.2, 0) is 0 Å². The summed E-state index contributed by atoms with van der Waals surface area (Å²) in [6.45, 7) is 4.95. The maximum absolute atomic E-state index is 4.69. The van der Waals surface area contributed by atoms with Crippen LogP contribution in [0.2, 0.25) is 0 Å². The first kappa shape index (κ1) is 9.85. The Morgan fingerprint density at radius 3 is 2.54 bits per heavy atom. The molecule has 1 nitrogen and oxygen atoms in total. The van der Waals surface area contributed by atoms with Gasteiger partial charge in [-0.3, -0.25) is 0 Å². The summed E-state index contributed by atoms with van der Waals surface area (Å²) in [5, 5.41) is 0.682. The molecule has 1 spiro atoms. The fourth-order valence-corrected chi connectivity index (χ4v) is 3.68. The van der Waals surface area contributed by atoms with Gasteiger partial charge in [0, 0.05) is 18.3 Å². The van der Waals surface area contributed by atoms with Crippen molar-refractivity contribution in [2.45, 2.75) is 37.9 Å². The van der Waals surface area contributed by atoms with Crippen molar-refractivity contribution in [3.8, 4) is 0 Å². The van der Waals surface area contributed by atoms with E-state index in [0.717, 1.165) is 11.3 Å². The average Bonchev–Trinajstić information content (AvgIpc) is 1.94. The van der Waals surface area contributed by atoms with E-state index in [4.69, 9.17) is 0 Å². The van der Waals surface area contributed by atoms with Gasteiger partial charge in [-0.15, -0.1) is 0 Å². The minimum absolute atomic E-state index is 0.682. The summed E-state index contributed by atoms with van der Waals surface area (Å²) < 4.78 is 0. The third kappa shape index (κ3) is 1.75. The Hall–Kier alpha value is 0.310. The maximum Gasteiger partial charge on any atom is 0.00476 e. The van der Waals surface area contributed by atoms with E-state index < -0.39 is 0 Å². The fraction of sp³-hybridized carbons (Fsp3) is 1.00. The molecule has 0 aromatic rings. The number of hydrogen-bond donors (Lipinski definition) is 1. The maximum atomic E-state index is 4.69. The molecular weight excluding hydrogens is 178 g/mol. The summed E-state index contributed by atoms with van der Waals surface area (Å²) in [5.41, 5.74) is 0.744. The van der Waals surface area contributed by atoms with Crippen LogP contribution in [0.25, 0.3) is 0 Å². The molecule has 1 aliphatic heterocycles. The van der Waals surface area contributed by atoms with Gasteiger partial charge in [-0.2, -0.15) is 12.6 Å². The van der Waals surface area contributed by atoms with Gasteiger partial charge in [0.05, 0.1) is 0 Å². The summed E-state index contributed by atoms with van der Waals surface area (Å²) in [5.74, 6) is 0.928. The van der Waals surface area contributed by atoms with Gasteiger partial charge in [0.2, 0.25) is 0 Å². The normalized spacial score (nSPS) is 29.8. The first-order valence-electron chi connectivity index (χ1n) is 5.52. The molecule has 1 saturated carbocycles. The lowest BCUT2D eigenvalue weighted by molar-refractivity contribution is -0.0818. The first-order valence-corrected chi connectivity index (χ1v) is 6.03. The van der Waals surface area contributed by atoms with Crippen molar-refractivity contribution in [3.63, 3.8) is 0 Å². The summed E-state index contributed by atoms with van der Waals surface area (Å²) in [4.78, 5) is 2.43. The topological polar surface area (TPSA) is 3.24 Å². The SMILES string of the molecule is CCCC(S)C1CC2(C1)CN(C)C2. The number of hydrogen-bond acceptors (Lipinski definition) is 2. The lowest BCUT2D eigenvalue weighted by Crippen LogP contribution is -2.61. The summed E-state index contributed by atoms with van der Waals surface area (Å²) in [6, 6.07) is 0. The number of thiol groups is 1. The van der Waals surface area contributed by atoms with Gasteiger partial charge >= 0.3 is 0 Å². The van der Waals surface area contributed by atoms with Crippen molar-refractivity contribution in [2.24, 2.45) is 11.3 Å². The van der Waals surface area contributed by atoms with Crippen molar-refractivity contribution < 1.29 is 0 Å². The highest BCUT2D eigenvalue weighted by Crippen LogP contribution is 2.53. The van der Waals surface area contributed by atoms with Crippen LogP contribution in [0, 0.1) is 11.3 Å². The quantitative estimate of drug-likeness (QED) is 0.683. The largest absolute Gasteiger partial charge is 0.305 e. The van der Waals surface area contributed by atoms with Gasteiger partial charge < -0.3 is 4.90 Å². The van der Waals surface area contributed by atoms with E-state index in [1.165, 1.54) is 38.8 Å². The smallest absolute Gasteiger partial charge is 0.00476 e. The van der Waals surface area contributed by atoms with Crippen molar-refractivity contribution in [2.75, 3.05) is 20.1 Å². The molecule has 0 aromatic carbocycles. The molecule has 76 valence electrons. The lowest BCUT2D eigenvalue weighted by Gasteiger charge is -2.59. The lowest BCUT2D eigenvalue weighted by atomic mass is 9.57. The Morgan fingerprint density at radius 2 is 2.08 bits per heavy atom. The van der Waals surface area contributed by atoms with Crippen LogP contribution < -0.4 is 0 Å². The van der Waals surface area contributed by atoms with Crippen molar-refractivity contribution in [1.82, 2.24) is 4.90 Å². The molecule has 1 unspecified atom stereocenters. The monoisotopic (exact) mass is 199 g/mol. The second-order valence-corrected chi connectivity index (χ2v) is 5.86. The van der Waals surface area contributed by atoms with E-state index in [-0.39, 0.29) is 0 Å². The Balaban J connectivity index is 1.72. The number of likely N-dealkylation sites (tertiary alicyclic amines) is 1. The van der Waals surface area contributed by atoms with Crippen LogP contribution in [-0.4, -0.2) is 30.3 Å². The van der Waals surface area contributed by atoms with Crippen molar-refractivity contribution in [3.05, 3.63) is 0 Å². The van der Waals surface area contributed by atoms with E-state index >= 15 is 0 Å². The Labute approximate surface area is 87.3 Å². The van der Waals surface area contributed by atoms with Crippen LogP contribution in [0.5, 0.6) is 0 Å². The standard InChI is InChI=1S/C11H21NS/c1-3-4-10(13)9-5-11(6-9)7-12(2)8-11/h9-10,13H,3-8H2,1-2H3. The second kappa shape index (κ2) is 3.47. The van der Waals surface area contributed by atoms with Gasteiger partial charge in [0.25, 0.3) is 0 Å². The van der Waals surface area contributed by atoms with Gasteiger partial charge in [0.15, 0.2) is 0 Å². The van der Waals surface area contributed by atoms with Gasteiger partial charge in [-0.05, 0) is 37.6 Å². The molecular formula is C11H21NS. The molecule has 2 rings (SSSR count). The second-order valence-electron chi connectivity index (χ2n) is 5.20. The van der Waals surface area contributed by atoms with Crippen molar-refractivity contribution >= 4 is 12.6 Å². The zero-order chi connectivity index (χ0) is 9.47. The highest BCUT2D eigenvalue weighted by atomic mass is 32.1. The average molecular weight is 199 g/mol. The molecule has 0 amide bonds.